The molecule has 3 atom stereocenters. The van der Waals surface area contributed by atoms with Gasteiger partial charge in [-0.05, 0) is 62.4 Å². The van der Waals surface area contributed by atoms with Crippen LogP contribution in [-0.2, 0) is 11.3 Å². The van der Waals surface area contributed by atoms with Crippen LogP contribution < -0.4 is 4.74 Å². The molecular weight excluding hydrogens is 300 g/mol. The summed E-state index contributed by atoms with van der Waals surface area (Å²) in [5.74, 6) is 1.64. The molecule has 0 unspecified atom stereocenters. The van der Waals surface area contributed by atoms with E-state index in [0.717, 1.165) is 25.4 Å². The minimum Gasteiger partial charge on any atom is -0.497 e. The number of piperidine rings is 1. The van der Waals surface area contributed by atoms with Gasteiger partial charge in [0.05, 0.1) is 13.2 Å². The molecule has 3 aliphatic heterocycles. The van der Waals surface area contributed by atoms with Crippen LogP contribution >= 0.6 is 0 Å². The monoisotopic (exact) mass is 330 g/mol. The second kappa shape index (κ2) is 7.42. The van der Waals surface area contributed by atoms with E-state index in [0.29, 0.717) is 18.1 Å². The standard InChI is InChI=1S/C20H30N2O2/c1-23-18-8-6-16(7-9-18)13-21-14-17-5-4-12-24-20(17)19(15-21)22-10-2-3-11-22/h6-9,17,19-20H,2-5,10-15H2,1H3/t17-,19+,20-/m0/s1. The van der Waals surface area contributed by atoms with Crippen molar-refractivity contribution in [2.45, 2.75) is 44.4 Å². The number of methoxy groups -OCH3 is 1. The van der Waals surface area contributed by atoms with Gasteiger partial charge in [-0.3, -0.25) is 9.80 Å². The summed E-state index contributed by atoms with van der Waals surface area (Å²) in [6, 6.07) is 9.14. The largest absolute Gasteiger partial charge is 0.497 e. The molecule has 0 saturated carbocycles. The SMILES string of the molecule is COc1ccc(CN2C[C@@H]3CCCO[C@@H]3[C@H](N3CCCC3)C2)cc1. The van der Waals surface area contributed by atoms with Crippen molar-refractivity contribution in [2.75, 3.05) is 39.9 Å². The van der Waals surface area contributed by atoms with Crippen molar-refractivity contribution in [1.29, 1.82) is 0 Å². The molecule has 1 aromatic carbocycles. The van der Waals surface area contributed by atoms with Crippen molar-refractivity contribution in [3.8, 4) is 5.75 Å². The first-order valence-corrected chi connectivity index (χ1v) is 9.54. The first-order chi connectivity index (χ1) is 11.8. The van der Waals surface area contributed by atoms with Crippen molar-refractivity contribution in [2.24, 2.45) is 5.92 Å². The zero-order valence-electron chi connectivity index (χ0n) is 14.8. The molecule has 0 amide bonds. The molecule has 0 bridgehead atoms. The van der Waals surface area contributed by atoms with Crippen molar-refractivity contribution in [1.82, 2.24) is 9.80 Å². The summed E-state index contributed by atoms with van der Waals surface area (Å²) >= 11 is 0. The highest BCUT2D eigenvalue weighted by Crippen LogP contribution is 2.33. The highest BCUT2D eigenvalue weighted by molar-refractivity contribution is 5.27. The molecule has 4 rings (SSSR count). The average Bonchev–Trinajstić information content (AvgIpc) is 3.16. The van der Waals surface area contributed by atoms with Gasteiger partial charge in [0.2, 0.25) is 0 Å². The maximum atomic E-state index is 6.25. The lowest BCUT2D eigenvalue weighted by Crippen LogP contribution is -2.60. The van der Waals surface area contributed by atoms with Crippen LogP contribution in [0.3, 0.4) is 0 Å². The zero-order valence-corrected chi connectivity index (χ0v) is 14.8. The first-order valence-electron chi connectivity index (χ1n) is 9.54. The van der Waals surface area contributed by atoms with E-state index >= 15 is 0 Å². The highest BCUT2D eigenvalue weighted by Gasteiger charge is 2.42. The van der Waals surface area contributed by atoms with Crippen molar-refractivity contribution >= 4 is 0 Å². The summed E-state index contributed by atoms with van der Waals surface area (Å²) < 4.78 is 11.5. The number of ether oxygens (including phenoxy) is 2. The molecule has 132 valence electrons. The van der Waals surface area contributed by atoms with E-state index in [2.05, 4.69) is 34.1 Å². The summed E-state index contributed by atoms with van der Waals surface area (Å²) in [7, 11) is 1.73. The Morgan fingerprint density at radius 2 is 1.88 bits per heavy atom. The van der Waals surface area contributed by atoms with Gasteiger partial charge in [-0.25, -0.2) is 0 Å². The van der Waals surface area contributed by atoms with Crippen LogP contribution in [0.15, 0.2) is 24.3 Å². The fourth-order valence-electron chi connectivity index (χ4n) is 4.78. The fraction of sp³-hybridized carbons (Fsp3) is 0.700. The van der Waals surface area contributed by atoms with Crippen LogP contribution in [0.2, 0.25) is 0 Å². The minimum absolute atomic E-state index is 0.462. The van der Waals surface area contributed by atoms with Gasteiger partial charge in [-0.1, -0.05) is 12.1 Å². The number of nitrogens with zero attached hydrogens (tertiary/aromatic N) is 2. The smallest absolute Gasteiger partial charge is 0.118 e. The number of hydrogen-bond donors (Lipinski definition) is 0. The third-order valence-electron chi connectivity index (χ3n) is 5.99. The number of fused-ring (bicyclic) bond motifs is 1. The molecule has 4 heteroatoms. The molecule has 4 nitrogen and oxygen atoms in total. The Morgan fingerprint density at radius 3 is 2.62 bits per heavy atom. The van der Waals surface area contributed by atoms with E-state index in [-0.39, 0.29) is 0 Å². The Hall–Kier alpha value is -1.10. The van der Waals surface area contributed by atoms with Crippen molar-refractivity contribution in [3.05, 3.63) is 29.8 Å². The zero-order chi connectivity index (χ0) is 16.4. The topological polar surface area (TPSA) is 24.9 Å². The van der Waals surface area contributed by atoms with E-state index in [1.807, 2.05) is 0 Å². The van der Waals surface area contributed by atoms with Gasteiger partial charge in [-0.15, -0.1) is 0 Å². The molecule has 3 fully saturated rings. The summed E-state index contributed by atoms with van der Waals surface area (Å²) in [6.07, 6.45) is 5.72. The van der Waals surface area contributed by atoms with E-state index in [1.165, 1.54) is 50.9 Å². The minimum atomic E-state index is 0.462. The van der Waals surface area contributed by atoms with Gasteiger partial charge in [0, 0.05) is 32.3 Å². The van der Waals surface area contributed by atoms with E-state index in [9.17, 15) is 0 Å². The summed E-state index contributed by atoms with van der Waals surface area (Å²) in [4.78, 5) is 5.35. The Bertz CT molecular complexity index is 527. The van der Waals surface area contributed by atoms with Gasteiger partial charge >= 0.3 is 0 Å². The van der Waals surface area contributed by atoms with Crippen LogP contribution in [0.1, 0.15) is 31.2 Å². The maximum absolute atomic E-state index is 6.25. The molecular formula is C20H30N2O2. The number of benzene rings is 1. The number of rotatable bonds is 4. The van der Waals surface area contributed by atoms with Crippen LogP contribution in [0.25, 0.3) is 0 Å². The molecule has 3 saturated heterocycles. The molecule has 0 aliphatic carbocycles. The van der Waals surface area contributed by atoms with Crippen LogP contribution in [0.4, 0.5) is 0 Å². The Morgan fingerprint density at radius 1 is 1.08 bits per heavy atom. The van der Waals surface area contributed by atoms with Gasteiger partial charge in [0.25, 0.3) is 0 Å². The second-order valence-corrected chi connectivity index (χ2v) is 7.59. The Labute approximate surface area is 145 Å². The average molecular weight is 330 g/mol. The predicted molar refractivity (Wildman–Crippen MR) is 95.3 cm³/mol. The summed E-state index contributed by atoms with van der Waals surface area (Å²) in [5.41, 5.74) is 1.38. The molecule has 0 N–H and O–H groups in total. The molecule has 0 aromatic heterocycles. The second-order valence-electron chi connectivity index (χ2n) is 7.59. The lowest BCUT2D eigenvalue weighted by Gasteiger charge is -2.48. The molecule has 3 heterocycles. The van der Waals surface area contributed by atoms with Crippen molar-refractivity contribution in [3.63, 3.8) is 0 Å². The molecule has 3 aliphatic rings. The summed E-state index contributed by atoms with van der Waals surface area (Å²) in [5, 5.41) is 0. The quantitative estimate of drug-likeness (QED) is 0.847. The van der Waals surface area contributed by atoms with E-state index in [4.69, 9.17) is 9.47 Å². The fourth-order valence-corrected chi connectivity index (χ4v) is 4.78. The van der Waals surface area contributed by atoms with Gasteiger partial charge < -0.3 is 9.47 Å². The van der Waals surface area contributed by atoms with Gasteiger partial charge in [0.15, 0.2) is 0 Å². The molecule has 1 aromatic rings. The summed E-state index contributed by atoms with van der Waals surface area (Å²) in [6.45, 7) is 6.84. The first kappa shape index (κ1) is 16.4. The van der Waals surface area contributed by atoms with Crippen molar-refractivity contribution < 1.29 is 9.47 Å². The van der Waals surface area contributed by atoms with E-state index in [1.54, 1.807) is 7.11 Å². The Kier molecular flexibility index (Phi) is 5.06. The normalized spacial score (nSPS) is 31.8. The molecule has 24 heavy (non-hydrogen) atoms. The highest BCUT2D eigenvalue weighted by atomic mass is 16.5. The van der Waals surface area contributed by atoms with Gasteiger partial charge in [-0.2, -0.15) is 0 Å². The number of hydrogen-bond acceptors (Lipinski definition) is 4. The Balaban J connectivity index is 1.46. The lowest BCUT2D eigenvalue weighted by atomic mass is 9.84. The predicted octanol–water partition coefficient (Wildman–Crippen LogP) is 2.77. The number of likely N-dealkylation sites (tertiary alicyclic amines) is 2. The van der Waals surface area contributed by atoms with Gasteiger partial charge in [0.1, 0.15) is 5.75 Å². The molecule has 0 spiro atoms. The van der Waals surface area contributed by atoms with Crippen LogP contribution in [0.5, 0.6) is 5.75 Å². The van der Waals surface area contributed by atoms with Crippen LogP contribution in [0, 0.1) is 5.92 Å². The van der Waals surface area contributed by atoms with E-state index < -0.39 is 0 Å². The van der Waals surface area contributed by atoms with Crippen LogP contribution in [-0.4, -0.2) is 61.8 Å². The third kappa shape index (κ3) is 3.46. The maximum Gasteiger partial charge on any atom is 0.118 e. The third-order valence-corrected chi connectivity index (χ3v) is 5.99. The lowest BCUT2D eigenvalue weighted by molar-refractivity contribution is -0.112. The molecule has 0 radical (unpaired) electrons.